The maximum Gasteiger partial charge on any atom is 0.211 e. The number of fused-ring (bicyclic) bond motifs is 1. The van der Waals surface area contributed by atoms with Crippen molar-refractivity contribution in [3.63, 3.8) is 0 Å². The number of nitrogens with zero attached hydrogens (tertiary/aromatic N) is 2. The number of guanidine groups is 1. The zero-order chi connectivity index (χ0) is 18.0. The van der Waals surface area contributed by atoms with Gasteiger partial charge in [0.15, 0.2) is 0 Å². The third-order valence-electron chi connectivity index (χ3n) is 3.82. The fraction of sp³-hybridized carbons (Fsp3) is 0.111. The lowest BCUT2D eigenvalue weighted by Gasteiger charge is -2.07. The van der Waals surface area contributed by atoms with Gasteiger partial charge in [-0.1, -0.05) is 36.7 Å². The van der Waals surface area contributed by atoms with Crippen LogP contribution in [0, 0.1) is 5.82 Å². The normalized spacial score (nSPS) is 11.7. The largest absolute Gasteiger partial charge is 0.369 e. The van der Waals surface area contributed by atoms with E-state index in [1.165, 1.54) is 6.07 Å². The number of para-hydroxylation sites is 1. The van der Waals surface area contributed by atoms with Gasteiger partial charge in [-0.15, -0.1) is 5.10 Å². The third-order valence-corrected chi connectivity index (χ3v) is 4.11. The summed E-state index contributed by atoms with van der Waals surface area (Å²) in [5.41, 5.74) is 14.8. The molecule has 0 radical (unpaired) electrons. The molecule has 0 amide bonds. The molecule has 2 aromatic carbocycles. The molecule has 0 aliphatic heterocycles. The molecule has 0 bridgehead atoms. The van der Waals surface area contributed by atoms with Crippen LogP contribution in [0.5, 0.6) is 0 Å². The standard InChI is InChI=1S/C18H17ClFN5/c1-2-14(24-25-18(21)22)16-11-5-3-4-6-15(11)23-17(16)10-7-8-13(20)12(19)9-10/h3-9,23H,2H2,1H3,(H4,21,22,25)/b24-14-. The van der Waals surface area contributed by atoms with E-state index in [-0.39, 0.29) is 11.0 Å². The lowest BCUT2D eigenvalue weighted by atomic mass is 10.00. The number of aromatic nitrogens is 1. The summed E-state index contributed by atoms with van der Waals surface area (Å²) >= 11 is 5.96. The highest BCUT2D eigenvalue weighted by atomic mass is 35.5. The van der Waals surface area contributed by atoms with E-state index < -0.39 is 5.82 Å². The summed E-state index contributed by atoms with van der Waals surface area (Å²) in [6.07, 6.45) is 0.612. The number of rotatable bonds is 4. The highest BCUT2D eigenvalue weighted by Crippen LogP contribution is 2.33. The molecule has 0 aliphatic carbocycles. The predicted molar refractivity (Wildman–Crippen MR) is 101 cm³/mol. The van der Waals surface area contributed by atoms with Gasteiger partial charge in [0.25, 0.3) is 0 Å². The average molecular weight is 358 g/mol. The Morgan fingerprint density at radius 2 is 1.92 bits per heavy atom. The van der Waals surface area contributed by atoms with E-state index >= 15 is 0 Å². The Bertz CT molecular complexity index is 986. The van der Waals surface area contributed by atoms with Gasteiger partial charge in [0.1, 0.15) is 5.82 Å². The van der Waals surface area contributed by atoms with E-state index in [4.69, 9.17) is 23.1 Å². The maximum atomic E-state index is 13.5. The van der Waals surface area contributed by atoms with Crippen molar-refractivity contribution in [2.24, 2.45) is 21.7 Å². The van der Waals surface area contributed by atoms with Crippen molar-refractivity contribution in [1.82, 2.24) is 4.98 Å². The highest BCUT2D eigenvalue weighted by molar-refractivity contribution is 6.31. The van der Waals surface area contributed by atoms with Crippen LogP contribution >= 0.6 is 11.6 Å². The third kappa shape index (κ3) is 3.34. The smallest absolute Gasteiger partial charge is 0.211 e. The Kier molecular flexibility index (Phi) is 4.72. The summed E-state index contributed by atoms with van der Waals surface area (Å²) < 4.78 is 13.5. The zero-order valence-electron chi connectivity index (χ0n) is 13.6. The lowest BCUT2D eigenvalue weighted by Crippen LogP contribution is -2.22. The quantitative estimate of drug-likeness (QED) is 0.374. The fourth-order valence-corrected chi connectivity index (χ4v) is 2.91. The van der Waals surface area contributed by atoms with Gasteiger partial charge in [-0.2, -0.15) is 5.10 Å². The van der Waals surface area contributed by atoms with E-state index in [0.717, 1.165) is 27.7 Å². The van der Waals surface area contributed by atoms with Gasteiger partial charge in [0, 0.05) is 22.0 Å². The Balaban J connectivity index is 2.30. The molecular formula is C18H17ClFN5. The molecule has 0 spiro atoms. The molecule has 7 heteroatoms. The van der Waals surface area contributed by atoms with Gasteiger partial charge >= 0.3 is 0 Å². The lowest BCUT2D eigenvalue weighted by molar-refractivity contribution is 0.628. The van der Waals surface area contributed by atoms with Crippen LogP contribution in [-0.4, -0.2) is 16.7 Å². The molecule has 128 valence electrons. The first kappa shape index (κ1) is 17.0. The summed E-state index contributed by atoms with van der Waals surface area (Å²) in [6.45, 7) is 1.96. The molecule has 0 unspecified atom stereocenters. The first-order valence-electron chi connectivity index (χ1n) is 7.73. The second-order valence-electron chi connectivity index (χ2n) is 5.47. The summed E-state index contributed by atoms with van der Waals surface area (Å²) in [4.78, 5) is 3.36. The number of hydrogen-bond donors (Lipinski definition) is 3. The molecule has 5 N–H and O–H groups in total. The van der Waals surface area contributed by atoms with Crippen molar-refractivity contribution < 1.29 is 4.39 Å². The number of benzene rings is 2. The van der Waals surface area contributed by atoms with Gasteiger partial charge in [-0.05, 0) is 30.7 Å². The Morgan fingerprint density at radius 3 is 2.60 bits per heavy atom. The minimum atomic E-state index is -0.465. The molecule has 25 heavy (non-hydrogen) atoms. The van der Waals surface area contributed by atoms with Gasteiger partial charge in [0.05, 0.1) is 16.4 Å². The summed E-state index contributed by atoms with van der Waals surface area (Å²) in [5.74, 6) is -0.579. The second-order valence-corrected chi connectivity index (χ2v) is 5.88. The van der Waals surface area contributed by atoms with Crippen molar-refractivity contribution in [2.75, 3.05) is 0 Å². The average Bonchev–Trinajstić information content (AvgIpc) is 2.97. The second kappa shape index (κ2) is 6.94. The first-order valence-corrected chi connectivity index (χ1v) is 8.11. The van der Waals surface area contributed by atoms with E-state index in [1.54, 1.807) is 12.1 Å². The molecule has 5 nitrogen and oxygen atoms in total. The van der Waals surface area contributed by atoms with Gasteiger partial charge < -0.3 is 16.5 Å². The Hall–Kier alpha value is -2.86. The number of H-pyrrole nitrogens is 1. The van der Waals surface area contributed by atoms with E-state index in [1.807, 2.05) is 31.2 Å². The van der Waals surface area contributed by atoms with Crippen LogP contribution in [0.3, 0.4) is 0 Å². The summed E-state index contributed by atoms with van der Waals surface area (Å²) in [6, 6.07) is 12.4. The van der Waals surface area contributed by atoms with Gasteiger partial charge in [-0.3, -0.25) is 0 Å². The van der Waals surface area contributed by atoms with Crippen molar-refractivity contribution in [3.8, 4) is 11.3 Å². The molecule has 0 saturated heterocycles. The number of aromatic amines is 1. The van der Waals surface area contributed by atoms with Crippen LogP contribution in [0.1, 0.15) is 18.9 Å². The van der Waals surface area contributed by atoms with Crippen LogP contribution in [0.25, 0.3) is 22.2 Å². The number of halogens is 2. The molecule has 1 aromatic heterocycles. The minimum Gasteiger partial charge on any atom is -0.369 e. The van der Waals surface area contributed by atoms with Crippen LogP contribution in [0.2, 0.25) is 5.02 Å². The monoisotopic (exact) mass is 357 g/mol. The van der Waals surface area contributed by atoms with Crippen LogP contribution < -0.4 is 11.5 Å². The number of nitrogens with two attached hydrogens (primary N) is 2. The zero-order valence-corrected chi connectivity index (χ0v) is 14.3. The topological polar surface area (TPSA) is 92.5 Å². The van der Waals surface area contributed by atoms with Gasteiger partial charge in [0.2, 0.25) is 5.96 Å². The van der Waals surface area contributed by atoms with Crippen LogP contribution in [0.15, 0.2) is 52.7 Å². The molecule has 3 rings (SSSR count). The van der Waals surface area contributed by atoms with Crippen LogP contribution in [0.4, 0.5) is 4.39 Å². The van der Waals surface area contributed by atoms with Crippen molar-refractivity contribution >= 4 is 34.2 Å². The Labute approximate surface area is 149 Å². The van der Waals surface area contributed by atoms with E-state index in [2.05, 4.69) is 15.2 Å². The molecule has 0 fully saturated rings. The molecule has 3 aromatic rings. The number of hydrogen-bond acceptors (Lipinski definition) is 2. The van der Waals surface area contributed by atoms with Crippen molar-refractivity contribution in [1.29, 1.82) is 0 Å². The van der Waals surface area contributed by atoms with Crippen molar-refractivity contribution in [2.45, 2.75) is 13.3 Å². The predicted octanol–water partition coefficient (Wildman–Crippen LogP) is 4.01. The summed E-state index contributed by atoms with van der Waals surface area (Å²) in [7, 11) is 0. The first-order chi connectivity index (χ1) is 12.0. The van der Waals surface area contributed by atoms with Gasteiger partial charge in [-0.25, -0.2) is 4.39 Å². The minimum absolute atomic E-state index is 0.0568. The summed E-state index contributed by atoms with van der Waals surface area (Å²) in [5, 5.41) is 9.01. The maximum absolute atomic E-state index is 13.5. The SMILES string of the molecule is CC/C(=N/N=C(N)N)c1c(-c2ccc(F)c(Cl)c2)[nH]c2ccccc12. The van der Waals surface area contributed by atoms with E-state index in [0.29, 0.717) is 12.1 Å². The molecule has 0 aliphatic rings. The molecule has 0 atom stereocenters. The van der Waals surface area contributed by atoms with Crippen LogP contribution in [-0.2, 0) is 0 Å². The highest BCUT2D eigenvalue weighted by Gasteiger charge is 2.18. The Morgan fingerprint density at radius 1 is 1.16 bits per heavy atom. The molecular weight excluding hydrogens is 341 g/mol. The molecule has 0 saturated carbocycles. The van der Waals surface area contributed by atoms with Crippen molar-refractivity contribution in [3.05, 3.63) is 58.9 Å². The number of nitrogens with one attached hydrogen (secondary N) is 1. The van der Waals surface area contributed by atoms with E-state index in [9.17, 15) is 4.39 Å². The fourth-order valence-electron chi connectivity index (χ4n) is 2.73. The molecule has 1 heterocycles.